The van der Waals surface area contributed by atoms with E-state index in [0.717, 1.165) is 6.54 Å². The van der Waals surface area contributed by atoms with E-state index >= 15 is 0 Å². The number of hydrogen-bond donors (Lipinski definition) is 1. The lowest BCUT2D eigenvalue weighted by Crippen LogP contribution is -2.57. The fourth-order valence-electron chi connectivity index (χ4n) is 3.61. The van der Waals surface area contributed by atoms with Gasteiger partial charge in [-0.25, -0.2) is 0 Å². The predicted molar refractivity (Wildman–Crippen MR) is 96.0 cm³/mol. The molecule has 1 amide bonds. The third-order valence-corrected chi connectivity index (χ3v) is 5.87. The van der Waals surface area contributed by atoms with E-state index in [-0.39, 0.29) is 11.9 Å². The van der Waals surface area contributed by atoms with Gasteiger partial charge in [-0.2, -0.15) is 5.26 Å². The molecule has 128 valence electrons. The summed E-state index contributed by atoms with van der Waals surface area (Å²) in [7, 11) is 0. The molecule has 5 nitrogen and oxygen atoms in total. The fourth-order valence-corrected chi connectivity index (χ4v) is 4.28. The summed E-state index contributed by atoms with van der Waals surface area (Å²) < 4.78 is 5.71. The number of fused-ring (bicyclic) bond motifs is 3. The van der Waals surface area contributed by atoms with Crippen LogP contribution in [-0.4, -0.2) is 36.5 Å². The summed E-state index contributed by atoms with van der Waals surface area (Å²) in [5.74, 6) is 1.25. The van der Waals surface area contributed by atoms with Gasteiger partial charge in [-0.05, 0) is 68.2 Å². The Labute approximate surface area is 150 Å². The largest absolute Gasteiger partial charge is 0.447 e. The lowest BCUT2D eigenvalue weighted by atomic mass is 9.84. The molecule has 5 rings (SSSR count). The number of amides is 1. The molecule has 25 heavy (non-hydrogen) atoms. The van der Waals surface area contributed by atoms with Crippen LogP contribution in [0.5, 0.6) is 10.8 Å². The molecule has 2 aromatic rings. The van der Waals surface area contributed by atoms with Gasteiger partial charge in [-0.3, -0.25) is 4.79 Å². The third-order valence-electron chi connectivity index (χ3n) is 5.00. The van der Waals surface area contributed by atoms with Crippen LogP contribution in [0.15, 0.2) is 36.4 Å². The molecule has 0 radical (unpaired) electrons. The molecule has 0 unspecified atom stereocenters. The zero-order valence-corrected chi connectivity index (χ0v) is 14.6. The minimum Gasteiger partial charge on any atom is -0.447 e. The van der Waals surface area contributed by atoms with Gasteiger partial charge in [-0.1, -0.05) is 11.3 Å². The number of hydrogen-bond acceptors (Lipinski definition) is 5. The molecule has 0 aliphatic carbocycles. The standard InChI is InChI=1S/C19H19N3O2S/c20-11-16-5-6-18(25-16)24-15-3-1-14(2-4-15)19(23)21-17-12-22-9-7-13(17)8-10-22/h1-6,13,17H,7-10,12H2,(H,21,23)/t17-/m0/s1. The van der Waals surface area contributed by atoms with Crippen molar-refractivity contribution in [2.24, 2.45) is 5.92 Å². The first-order valence-electron chi connectivity index (χ1n) is 8.52. The van der Waals surface area contributed by atoms with Gasteiger partial charge in [0.05, 0.1) is 0 Å². The van der Waals surface area contributed by atoms with Crippen molar-refractivity contribution in [1.82, 2.24) is 10.2 Å². The molecule has 3 aliphatic heterocycles. The average Bonchev–Trinajstić information content (AvgIpc) is 3.11. The Hall–Kier alpha value is -2.36. The molecule has 3 saturated heterocycles. The Balaban J connectivity index is 1.38. The number of thiophene rings is 1. The topological polar surface area (TPSA) is 65.4 Å². The van der Waals surface area contributed by atoms with Gasteiger partial charge >= 0.3 is 0 Å². The molecule has 6 heteroatoms. The number of ether oxygens (including phenoxy) is 1. The Morgan fingerprint density at radius 1 is 1.20 bits per heavy atom. The number of benzene rings is 1. The predicted octanol–water partition coefficient (Wildman–Crippen LogP) is 3.24. The normalized spacial score (nSPS) is 24.5. The number of rotatable bonds is 4. The van der Waals surface area contributed by atoms with E-state index in [1.807, 2.05) is 0 Å². The molecule has 1 aromatic carbocycles. The van der Waals surface area contributed by atoms with Crippen molar-refractivity contribution in [3.8, 4) is 16.9 Å². The first-order valence-corrected chi connectivity index (χ1v) is 9.34. The van der Waals surface area contributed by atoms with Crippen LogP contribution in [0.25, 0.3) is 0 Å². The Morgan fingerprint density at radius 2 is 1.96 bits per heavy atom. The van der Waals surface area contributed by atoms with Crippen molar-refractivity contribution < 1.29 is 9.53 Å². The molecule has 3 fully saturated rings. The molecule has 0 saturated carbocycles. The maximum Gasteiger partial charge on any atom is 0.251 e. The molecule has 0 spiro atoms. The van der Waals surface area contributed by atoms with Crippen LogP contribution in [0.4, 0.5) is 0 Å². The molecule has 1 N–H and O–H groups in total. The Morgan fingerprint density at radius 3 is 2.56 bits per heavy atom. The number of piperidine rings is 3. The molecule has 1 aromatic heterocycles. The second kappa shape index (κ2) is 6.87. The van der Waals surface area contributed by atoms with Crippen molar-refractivity contribution in [3.05, 3.63) is 46.8 Å². The van der Waals surface area contributed by atoms with Crippen molar-refractivity contribution in [2.45, 2.75) is 18.9 Å². The monoisotopic (exact) mass is 353 g/mol. The van der Waals surface area contributed by atoms with Crippen molar-refractivity contribution in [3.63, 3.8) is 0 Å². The molecule has 2 bridgehead atoms. The van der Waals surface area contributed by atoms with Gasteiger partial charge in [0.2, 0.25) is 0 Å². The van der Waals surface area contributed by atoms with Gasteiger partial charge < -0.3 is 15.0 Å². The van der Waals surface area contributed by atoms with Crippen LogP contribution in [-0.2, 0) is 0 Å². The second-order valence-electron chi connectivity index (χ2n) is 6.57. The van der Waals surface area contributed by atoms with Gasteiger partial charge in [-0.15, -0.1) is 0 Å². The highest BCUT2D eigenvalue weighted by atomic mass is 32.1. The maximum absolute atomic E-state index is 12.5. The first-order chi connectivity index (χ1) is 12.2. The summed E-state index contributed by atoms with van der Waals surface area (Å²) in [6, 6.07) is 13.0. The number of nitrogens with zero attached hydrogens (tertiary/aromatic N) is 2. The molecule has 3 aliphatic rings. The minimum atomic E-state index is -0.0202. The van der Waals surface area contributed by atoms with Crippen LogP contribution >= 0.6 is 11.3 Å². The summed E-state index contributed by atoms with van der Waals surface area (Å²) in [6.45, 7) is 3.30. The first kappa shape index (κ1) is 16.1. The number of carbonyl (C=O) groups is 1. The summed E-state index contributed by atoms with van der Waals surface area (Å²) >= 11 is 1.30. The smallest absolute Gasteiger partial charge is 0.251 e. The van der Waals surface area contributed by atoms with Crippen molar-refractivity contribution in [1.29, 1.82) is 5.26 Å². The van der Waals surface area contributed by atoms with Gasteiger partial charge in [0.25, 0.3) is 5.91 Å². The maximum atomic E-state index is 12.5. The molecular weight excluding hydrogens is 334 g/mol. The number of nitrogens with one attached hydrogen (secondary N) is 1. The Kier molecular flexibility index (Phi) is 4.43. The van der Waals surface area contributed by atoms with E-state index in [1.54, 1.807) is 36.4 Å². The second-order valence-corrected chi connectivity index (χ2v) is 7.62. The number of carbonyl (C=O) groups excluding carboxylic acids is 1. The van der Waals surface area contributed by atoms with E-state index in [0.29, 0.717) is 27.2 Å². The highest BCUT2D eigenvalue weighted by Crippen LogP contribution is 2.30. The number of nitriles is 1. The summed E-state index contributed by atoms with van der Waals surface area (Å²) in [5, 5.41) is 12.7. The van der Waals surface area contributed by atoms with Gasteiger partial charge in [0, 0.05) is 18.2 Å². The molecular formula is C19H19N3O2S. The summed E-state index contributed by atoms with van der Waals surface area (Å²) in [4.78, 5) is 15.5. The van der Waals surface area contributed by atoms with Gasteiger partial charge in [0.15, 0.2) is 5.06 Å². The van der Waals surface area contributed by atoms with E-state index in [4.69, 9.17) is 10.00 Å². The fraction of sp³-hybridized carbons (Fsp3) is 0.368. The minimum absolute atomic E-state index is 0.0202. The Bertz CT molecular complexity index is 801. The van der Waals surface area contributed by atoms with Crippen LogP contribution in [0.1, 0.15) is 28.1 Å². The van der Waals surface area contributed by atoms with E-state index in [2.05, 4.69) is 16.3 Å². The lowest BCUT2D eigenvalue weighted by molar-refractivity contribution is 0.0620. The van der Waals surface area contributed by atoms with Crippen LogP contribution in [0, 0.1) is 17.2 Å². The zero-order chi connectivity index (χ0) is 17.2. The molecule has 1 atom stereocenters. The van der Waals surface area contributed by atoms with E-state index < -0.39 is 0 Å². The van der Waals surface area contributed by atoms with Gasteiger partial charge in [0.1, 0.15) is 16.7 Å². The SMILES string of the molecule is N#Cc1ccc(Oc2ccc(C(=O)N[C@H]3CN4CCC3CC4)cc2)s1. The summed E-state index contributed by atoms with van der Waals surface area (Å²) in [6.07, 6.45) is 2.37. The zero-order valence-electron chi connectivity index (χ0n) is 13.8. The van der Waals surface area contributed by atoms with Crippen molar-refractivity contribution >= 4 is 17.2 Å². The van der Waals surface area contributed by atoms with E-state index in [1.165, 1.54) is 37.3 Å². The highest BCUT2D eigenvalue weighted by molar-refractivity contribution is 7.14. The van der Waals surface area contributed by atoms with E-state index in [9.17, 15) is 4.79 Å². The lowest BCUT2D eigenvalue weighted by Gasteiger charge is -2.44. The summed E-state index contributed by atoms with van der Waals surface area (Å²) in [5.41, 5.74) is 0.646. The third kappa shape index (κ3) is 3.53. The highest BCUT2D eigenvalue weighted by Gasteiger charge is 2.34. The quantitative estimate of drug-likeness (QED) is 0.916. The molecule has 4 heterocycles. The van der Waals surface area contributed by atoms with Crippen LogP contribution in [0.3, 0.4) is 0 Å². The van der Waals surface area contributed by atoms with Crippen molar-refractivity contribution in [2.75, 3.05) is 19.6 Å². The van der Waals surface area contributed by atoms with Crippen LogP contribution < -0.4 is 10.1 Å². The van der Waals surface area contributed by atoms with Crippen LogP contribution in [0.2, 0.25) is 0 Å². The average molecular weight is 353 g/mol.